The van der Waals surface area contributed by atoms with Crippen molar-refractivity contribution < 1.29 is 32.7 Å². The van der Waals surface area contributed by atoms with Crippen molar-refractivity contribution in [1.29, 1.82) is 0 Å². The second-order valence-corrected chi connectivity index (χ2v) is 2.83. The topological polar surface area (TPSA) is 25.8 Å². The van der Waals surface area contributed by atoms with Crippen molar-refractivity contribution in [2.45, 2.75) is 13.3 Å². The van der Waals surface area contributed by atoms with E-state index in [4.69, 9.17) is 0 Å². The third-order valence-corrected chi connectivity index (χ3v) is 1.56. The molecule has 2 nitrogen and oxygen atoms in total. The standard InChI is InChI=1S/C7H8IN2.B.Y/c1-6-9-5-3-7(10-6)2-4-8;;/h3-5H,2H2,1H3;;/q-1;;. The van der Waals surface area contributed by atoms with Crippen molar-refractivity contribution in [3.8, 4) is 0 Å². The summed E-state index contributed by atoms with van der Waals surface area (Å²) in [5.74, 6) is 0.843. The Morgan fingerprint density at radius 1 is 1.58 bits per heavy atom. The molecule has 1 aromatic heterocycles. The van der Waals surface area contributed by atoms with E-state index >= 15 is 0 Å². The Morgan fingerprint density at radius 3 is 2.75 bits per heavy atom. The third kappa shape index (κ3) is 5.59. The first-order valence-corrected chi connectivity index (χ1v) is 4.28. The number of aryl methyl sites for hydroxylation is 1. The molecule has 0 atom stereocenters. The van der Waals surface area contributed by atoms with Crippen LogP contribution in [-0.2, 0) is 39.1 Å². The first kappa shape index (κ1) is 15.5. The molecule has 0 aliphatic heterocycles. The Hall–Kier alpha value is 0.979. The van der Waals surface area contributed by atoms with Gasteiger partial charge in [-0.1, -0.05) is 0 Å². The molecule has 4 radical (unpaired) electrons. The summed E-state index contributed by atoms with van der Waals surface area (Å²) in [6, 6.07) is 1.93. The van der Waals surface area contributed by atoms with Crippen molar-refractivity contribution in [3.63, 3.8) is 0 Å². The number of nitrogens with zero attached hydrogens (tertiary/aromatic N) is 2. The molecule has 12 heavy (non-hydrogen) atoms. The molecule has 0 saturated heterocycles. The van der Waals surface area contributed by atoms with E-state index < -0.39 is 0 Å². The normalized spacial score (nSPS) is 8.17. The van der Waals surface area contributed by atoms with E-state index in [1.165, 1.54) is 0 Å². The maximum Gasteiger partial charge on any atom is 0.125 e. The number of halogens is 1. The Balaban J connectivity index is 0. The van der Waals surface area contributed by atoms with Gasteiger partial charge in [-0.3, -0.25) is 4.43 Å². The van der Waals surface area contributed by atoms with Gasteiger partial charge < -0.3 is 22.6 Å². The minimum absolute atomic E-state index is 0. The molecule has 1 aromatic rings. The zero-order valence-electron chi connectivity index (χ0n) is 6.87. The summed E-state index contributed by atoms with van der Waals surface area (Å²) in [6.45, 7) is 1.90. The van der Waals surface area contributed by atoms with E-state index in [1.54, 1.807) is 6.20 Å². The van der Waals surface area contributed by atoms with Gasteiger partial charge in [0.05, 0.1) is 0 Å². The Labute approximate surface area is 114 Å². The van der Waals surface area contributed by atoms with E-state index in [0.29, 0.717) is 0 Å². The van der Waals surface area contributed by atoms with Crippen LogP contribution in [0.15, 0.2) is 12.3 Å². The second kappa shape index (κ2) is 8.57. The van der Waals surface area contributed by atoms with Crippen LogP contribution < -0.4 is 0 Å². The van der Waals surface area contributed by atoms with Gasteiger partial charge in [0.2, 0.25) is 0 Å². The Bertz CT molecular complexity index is 222. The van der Waals surface area contributed by atoms with Crippen LogP contribution in [0, 0.1) is 11.4 Å². The average molecular weight is 347 g/mol. The van der Waals surface area contributed by atoms with Crippen LogP contribution >= 0.6 is 22.6 Å². The average Bonchev–Trinajstić information content (AvgIpc) is 1.88. The van der Waals surface area contributed by atoms with E-state index in [-0.39, 0.29) is 41.1 Å². The monoisotopic (exact) mass is 347 g/mol. The molecule has 0 fully saturated rings. The van der Waals surface area contributed by atoms with Gasteiger partial charge in [-0.15, -0.1) is 6.42 Å². The van der Waals surface area contributed by atoms with Crippen LogP contribution in [0.3, 0.4) is 0 Å². The Kier molecular flexibility index (Phi) is 11.0. The summed E-state index contributed by atoms with van der Waals surface area (Å²) in [7, 11) is 0. The van der Waals surface area contributed by atoms with Crippen molar-refractivity contribution in [2.24, 2.45) is 0 Å². The summed E-state index contributed by atoms with van der Waals surface area (Å²) in [5, 5.41) is 0. The summed E-state index contributed by atoms with van der Waals surface area (Å²) in [5.41, 5.74) is 1.09. The number of hydrogen-bond donors (Lipinski definition) is 0. The SMILES string of the molecule is Cc1nccc(C[CH-]I)n1.[B].[Y]. The fourth-order valence-electron chi connectivity index (χ4n) is 0.698. The van der Waals surface area contributed by atoms with Gasteiger partial charge in [-0.05, 0) is 13.0 Å². The smallest absolute Gasteiger partial charge is 0.125 e. The molecule has 1 rings (SSSR count). The molecule has 0 amide bonds. The van der Waals surface area contributed by atoms with E-state index in [1.807, 2.05) is 13.0 Å². The van der Waals surface area contributed by atoms with E-state index in [0.717, 1.165) is 17.9 Å². The summed E-state index contributed by atoms with van der Waals surface area (Å²) >= 11 is 2.22. The second-order valence-electron chi connectivity index (χ2n) is 1.95. The molecule has 5 heteroatoms. The number of hydrogen-bond acceptors (Lipinski definition) is 2. The van der Waals surface area contributed by atoms with Crippen LogP contribution in [0.2, 0.25) is 0 Å². The summed E-state index contributed by atoms with van der Waals surface area (Å²) in [6.07, 6.45) is 2.71. The van der Waals surface area contributed by atoms with Gasteiger partial charge in [-0.2, -0.15) is 0 Å². The minimum atomic E-state index is 0. The van der Waals surface area contributed by atoms with Gasteiger partial charge in [0.25, 0.3) is 0 Å². The van der Waals surface area contributed by atoms with Crippen molar-refractivity contribution in [3.05, 3.63) is 28.2 Å². The molecule has 0 aliphatic rings. The zero-order chi connectivity index (χ0) is 7.40. The van der Waals surface area contributed by atoms with Crippen LogP contribution in [-0.4, -0.2) is 18.4 Å². The zero-order valence-corrected chi connectivity index (χ0v) is 11.9. The molecule has 1 heterocycles. The molecule has 60 valence electrons. The molecular formula is C7H8BIN2Y-. The van der Waals surface area contributed by atoms with E-state index in [2.05, 4.69) is 37.0 Å². The first-order chi connectivity index (χ1) is 4.83. The van der Waals surface area contributed by atoms with Crippen molar-refractivity contribution in [1.82, 2.24) is 9.97 Å². The van der Waals surface area contributed by atoms with Gasteiger partial charge in [0.15, 0.2) is 0 Å². The van der Waals surface area contributed by atoms with Crippen LogP contribution in [0.4, 0.5) is 0 Å². The molecular weight excluding hydrogens is 339 g/mol. The molecule has 0 saturated carbocycles. The molecule has 0 bridgehead atoms. The van der Waals surface area contributed by atoms with Gasteiger partial charge >= 0.3 is 0 Å². The third-order valence-electron chi connectivity index (χ3n) is 1.12. The largest absolute Gasteiger partial charge is 0.315 e. The number of rotatable bonds is 2. The summed E-state index contributed by atoms with van der Waals surface area (Å²) in [4.78, 5) is 8.21. The van der Waals surface area contributed by atoms with Gasteiger partial charge in [0.1, 0.15) is 5.82 Å². The number of aromatic nitrogens is 2. The quantitative estimate of drug-likeness (QED) is 0.461. The van der Waals surface area contributed by atoms with Crippen LogP contribution in [0.1, 0.15) is 11.5 Å². The molecule has 0 N–H and O–H groups in total. The van der Waals surface area contributed by atoms with Crippen molar-refractivity contribution >= 4 is 31.0 Å². The molecule has 0 unspecified atom stereocenters. The minimum Gasteiger partial charge on any atom is -0.315 e. The van der Waals surface area contributed by atoms with Gasteiger partial charge in [0, 0.05) is 53.0 Å². The molecule has 0 spiro atoms. The maximum atomic E-state index is 4.22. The predicted octanol–water partition coefficient (Wildman–Crippen LogP) is 1.54. The van der Waals surface area contributed by atoms with Crippen LogP contribution in [0.25, 0.3) is 0 Å². The van der Waals surface area contributed by atoms with Crippen LogP contribution in [0.5, 0.6) is 0 Å². The first-order valence-electron chi connectivity index (χ1n) is 3.03. The summed E-state index contributed by atoms with van der Waals surface area (Å²) < 4.78 is 2.06. The fourth-order valence-corrected chi connectivity index (χ4v) is 1.15. The van der Waals surface area contributed by atoms with Gasteiger partial charge in [-0.25, -0.2) is 9.97 Å². The molecule has 0 aliphatic carbocycles. The van der Waals surface area contributed by atoms with Crippen molar-refractivity contribution in [2.75, 3.05) is 0 Å². The Morgan fingerprint density at radius 2 is 2.25 bits per heavy atom. The maximum absolute atomic E-state index is 4.22. The predicted molar refractivity (Wildman–Crippen MR) is 54.5 cm³/mol. The van der Waals surface area contributed by atoms with E-state index in [9.17, 15) is 0 Å². The molecule has 0 aromatic carbocycles. The fraction of sp³-hybridized carbons (Fsp3) is 0.286.